The van der Waals surface area contributed by atoms with Gasteiger partial charge in [0.1, 0.15) is 17.3 Å². The molecule has 5 nitrogen and oxygen atoms in total. The topological polar surface area (TPSA) is 83.6 Å². The first-order chi connectivity index (χ1) is 9.49. The molecular weight excluding hydrogens is 384 g/mol. The molecule has 3 N–H and O–H groups in total. The van der Waals surface area contributed by atoms with Crippen LogP contribution in [0.5, 0.6) is 0 Å². The maximum absolute atomic E-state index is 13.2. The Labute approximate surface area is 126 Å². The molecule has 0 radical (unpaired) electrons. The number of nitrogens with zero attached hydrogens (tertiary/aromatic N) is 1. The second kappa shape index (κ2) is 6.46. The number of nitrogen functional groups attached to an aromatic ring is 1. The fourth-order valence-electron chi connectivity index (χ4n) is 1.50. The van der Waals surface area contributed by atoms with Crippen molar-refractivity contribution in [2.75, 3.05) is 25.4 Å². The molecule has 1 rings (SSSR count). The lowest BCUT2D eigenvalue weighted by Gasteiger charge is -2.23. The van der Waals surface area contributed by atoms with Gasteiger partial charge < -0.3 is 10.8 Å². The van der Waals surface area contributed by atoms with Crippen LogP contribution >= 0.6 is 15.9 Å². The predicted octanol–water partition coefficient (Wildman–Crippen LogP) is 1.72. The Morgan fingerprint density at radius 3 is 2.38 bits per heavy atom. The Morgan fingerprint density at radius 1 is 1.33 bits per heavy atom. The van der Waals surface area contributed by atoms with Crippen LogP contribution in [0.15, 0.2) is 21.5 Å². The Balaban J connectivity index is 3.32. The van der Waals surface area contributed by atoms with Crippen molar-refractivity contribution in [3.63, 3.8) is 0 Å². The number of rotatable bonds is 5. The normalized spacial score (nSPS) is 12.9. The molecule has 0 saturated heterocycles. The van der Waals surface area contributed by atoms with Crippen molar-refractivity contribution < 1.29 is 31.1 Å². The van der Waals surface area contributed by atoms with E-state index in [2.05, 4.69) is 15.9 Å². The van der Waals surface area contributed by atoms with E-state index in [1.54, 1.807) is 0 Å². The molecule has 0 aliphatic heterocycles. The van der Waals surface area contributed by atoms with Crippen LogP contribution in [0.3, 0.4) is 0 Å². The van der Waals surface area contributed by atoms with Crippen molar-refractivity contribution >= 4 is 31.6 Å². The molecule has 0 amide bonds. The third-order valence-electron chi connectivity index (χ3n) is 2.38. The number of halogens is 5. The van der Waals surface area contributed by atoms with E-state index in [0.717, 1.165) is 6.07 Å². The molecule has 0 aliphatic carbocycles. The molecule has 0 aliphatic rings. The zero-order valence-electron chi connectivity index (χ0n) is 10.4. The fraction of sp³-hybridized carbons (Fsp3) is 0.400. The van der Waals surface area contributed by atoms with Gasteiger partial charge in [0, 0.05) is 6.54 Å². The molecule has 0 heterocycles. The molecule has 1 aromatic carbocycles. The highest BCUT2D eigenvalue weighted by Gasteiger charge is 2.37. The molecule has 0 atom stereocenters. The summed E-state index contributed by atoms with van der Waals surface area (Å²) in [7, 11) is -4.63. The van der Waals surface area contributed by atoms with Crippen LogP contribution in [0, 0.1) is 5.82 Å². The van der Waals surface area contributed by atoms with Crippen molar-refractivity contribution in [3.05, 3.63) is 22.4 Å². The van der Waals surface area contributed by atoms with E-state index in [4.69, 9.17) is 10.8 Å². The summed E-state index contributed by atoms with van der Waals surface area (Å²) in [6, 6.07) is 1.46. The maximum atomic E-state index is 13.2. The van der Waals surface area contributed by atoms with Gasteiger partial charge in [0.05, 0.1) is 16.8 Å². The summed E-state index contributed by atoms with van der Waals surface area (Å²) in [5.74, 6) is -0.851. The summed E-state index contributed by atoms with van der Waals surface area (Å²) in [4.78, 5) is -0.673. The molecule has 1 aromatic rings. The molecule has 11 heteroatoms. The number of nitrogens with two attached hydrogens (primary N) is 1. The molecule has 0 saturated carbocycles. The lowest BCUT2D eigenvalue weighted by atomic mass is 10.3. The van der Waals surface area contributed by atoms with Gasteiger partial charge in [0.2, 0.25) is 10.0 Å². The lowest BCUT2D eigenvalue weighted by Crippen LogP contribution is -2.40. The van der Waals surface area contributed by atoms with Gasteiger partial charge in [0.15, 0.2) is 0 Å². The van der Waals surface area contributed by atoms with Crippen molar-refractivity contribution in [3.8, 4) is 0 Å². The van der Waals surface area contributed by atoms with E-state index >= 15 is 0 Å². The average molecular weight is 395 g/mol. The number of hydrogen-bond donors (Lipinski definition) is 2. The SMILES string of the molecule is Nc1cc(F)c(Br)cc1S(=O)(=O)N(CCO)CC(F)(F)F. The Morgan fingerprint density at radius 2 is 1.90 bits per heavy atom. The van der Waals surface area contributed by atoms with E-state index in [0.29, 0.717) is 6.07 Å². The number of anilines is 1. The number of benzene rings is 1. The zero-order chi connectivity index (χ0) is 16.4. The first-order valence-corrected chi connectivity index (χ1v) is 7.64. The fourth-order valence-corrected chi connectivity index (χ4v) is 3.54. The van der Waals surface area contributed by atoms with Crippen LogP contribution < -0.4 is 5.73 Å². The van der Waals surface area contributed by atoms with Crippen molar-refractivity contribution in [1.82, 2.24) is 4.31 Å². The molecule has 21 heavy (non-hydrogen) atoms. The van der Waals surface area contributed by atoms with Gasteiger partial charge in [-0.15, -0.1) is 0 Å². The number of aliphatic hydroxyl groups is 1. The van der Waals surface area contributed by atoms with Gasteiger partial charge in [-0.2, -0.15) is 17.5 Å². The quantitative estimate of drug-likeness (QED) is 0.588. The van der Waals surface area contributed by atoms with Gasteiger partial charge in [-0.3, -0.25) is 0 Å². The highest BCUT2D eigenvalue weighted by atomic mass is 79.9. The Hall–Kier alpha value is -0.910. The third-order valence-corrected chi connectivity index (χ3v) is 4.88. The van der Waals surface area contributed by atoms with E-state index in [1.807, 2.05) is 0 Å². The summed E-state index contributed by atoms with van der Waals surface area (Å²) < 4.78 is 74.6. The summed E-state index contributed by atoms with van der Waals surface area (Å²) in [5, 5.41) is 8.74. The third kappa shape index (κ3) is 4.53. The standard InChI is InChI=1S/C10H11BrF4N2O3S/c11-6-3-9(8(16)4-7(6)12)21(19,20)17(1-2-18)5-10(13,14)15/h3-4,18H,1-2,5,16H2. The average Bonchev–Trinajstić information content (AvgIpc) is 2.31. The lowest BCUT2D eigenvalue weighted by molar-refractivity contribution is -0.136. The monoisotopic (exact) mass is 394 g/mol. The van der Waals surface area contributed by atoms with E-state index in [-0.39, 0.29) is 8.78 Å². The first-order valence-electron chi connectivity index (χ1n) is 5.41. The largest absolute Gasteiger partial charge is 0.402 e. The highest BCUT2D eigenvalue weighted by Crippen LogP contribution is 2.30. The van der Waals surface area contributed by atoms with Crippen LogP contribution in [0.1, 0.15) is 0 Å². The van der Waals surface area contributed by atoms with E-state index in [9.17, 15) is 26.0 Å². The number of hydrogen-bond acceptors (Lipinski definition) is 4. The van der Waals surface area contributed by atoms with Gasteiger partial charge in [-0.05, 0) is 28.1 Å². The van der Waals surface area contributed by atoms with Crippen LogP contribution in [0.4, 0.5) is 23.2 Å². The van der Waals surface area contributed by atoms with Gasteiger partial charge in [-0.25, -0.2) is 12.8 Å². The molecule has 0 spiro atoms. The summed E-state index contributed by atoms with van der Waals surface area (Å²) in [6.07, 6.45) is -4.80. The zero-order valence-corrected chi connectivity index (χ0v) is 12.8. The van der Waals surface area contributed by atoms with Crippen molar-refractivity contribution in [1.29, 1.82) is 0 Å². The molecule has 0 fully saturated rings. The van der Waals surface area contributed by atoms with Crippen LogP contribution in [0.2, 0.25) is 0 Å². The van der Waals surface area contributed by atoms with Crippen LogP contribution in [-0.2, 0) is 10.0 Å². The summed E-state index contributed by atoms with van der Waals surface area (Å²) in [6.45, 7) is -3.36. The van der Waals surface area contributed by atoms with Gasteiger partial charge in [0.25, 0.3) is 0 Å². The predicted molar refractivity (Wildman–Crippen MR) is 70.4 cm³/mol. The van der Waals surface area contributed by atoms with Crippen molar-refractivity contribution in [2.24, 2.45) is 0 Å². The minimum atomic E-state index is -4.80. The minimum Gasteiger partial charge on any atom is -0.398 e. The molecule has 0 bridgehead atoms. The van der Waals surface area contributed by atoms with E-state index in [1.165, 1.54) is 0 Å². The number of sulfonamides is 1. The number of aliphatic hydroxyl groups excluding tert-OH is 1. The highest BCUT2D eigenvalue weighted by molar-refractivity contribution is 9.10. The molecule has 0 unspecified atom stereocenters. The summed E-state index contributed by atoms with van der Waals surface area (Å²) >= 11 is 2.74. The second-order valence-corrected chi connectivity index (χ2v) is 6.74. The van der Waals surface area contributed by atoms with Gasteiger partial charge >= 0.3 is 6.18 Å². The van der Waals surface area contributed by atoms with E-state index < -0.39 is 52.3 Å². The Kier molecular flexibility index (Phi) is 5.58. The van der Waals surface area contributed by atoms with Crippen LogP contribution in [-0.4, -0.2) is 43.7 Å². The number of alkyl halides is 3. The van der Waals surface area contributed by atoms with Gasteiger partial charge in [-0.1, -0.05) is 0 Å². The van der Waals surface area contributed by atoms with Crippen molar-refractivity contribution in [2.45, 2.75) is 11.1 Å². The minimum absolute atomic E-state index is 0.0308. The molecular formula is C10H11BrF4N2O3S. The molecule has 0 aromatic heterocycles. The molecule has 120 valence electrons. The first kappa shape index (κ1) is 18.1. The second-order valence-electron chi connectivity index (χ2n) is 3.98. The maximum Gasteiger partial charge on any atom is 0.402 e. The smallest absolute Gasteiger partial charge is 0.398 e. The van der Waals surface area contributed by atoms with Crippen LogP contribution in [0.25, 0.3) is 0 Å². The summed E-state index contributed by atoms with van der Waals surface area (Å²) in [5.41, 5.74) is 4.84. The Bertz CT molecular complexity index is 621.